The number of hydrogen-bond acceptors (Lipinski definition) is 4. The fraction of sp³-hybridized carbons (Fsp3) is 0.276. The number of carboxylic acids is 1. The molecular weight excluding hydrogens is 541 g/mol. The molecule has 9 heteroatoms. The van der Waals surface area contributed by atoms with Crippen molar-refractivity contribution < 1.29 is 14.6 Å². The Hall–Kier alpha value is -3.00. The molecule has 0 aliphatic rings. The first-order valence-corrected chi connectivity index (χ1v) is 15.3. The molecule has 0 aliphatic heterocycles. The summed E-state index contributed by atoms with van der Waals surface area (Å²) < 4.78 is 7.88. The Bertz CT molecular complexity index is 1400. The lowest BCUT2D eigenvalue weighted by atomic mass is 10.1. The number of benzene rings is 3. The summed E-state index contributed by atoms with van der Waals surface area (Å²) >= 11 is 12.9. The highest BCUT2D eigenvalue weighted by molar-refractivity contribution is 8.33. The van der Waals surface area contributed by atoms with Crippen LogP contribution in [0.5, 0.6) is 5.75 Å². The summed E-state index contributed by atoms with van der Waals surface area (Å²) in [5.41, 5.74) is 3.01. The van der Waals surface area contributed by atoms with Crippen molar-refractivity contribution in [1.82, 2.24) is 15.0 Å². The number of aliphatic carboxylic acids is 1. The summed E-state index contributed by atoms with van der Waals surface area (Å²) in [4.78, 5) is 13.5. The van der Waals surface area contributed by atoms with Crippen LogP contribution in [0.15, 0.2) is 76.5 Å². The van der Waals surface area contributed by atoms with Gasteiger partial charge in [0.2, 0.25) is 0 Å². The van der Waals surface area contributed by atoms with E-state index in [0.717, 1.165) is 28.5 Å². The highest BCUT2D eigenvalue weighted by atomic mass is 35.5. The number of para-hydroxylation sites is 1. The van der Waals surface area contributed by atoms with Gasteiger partial charge < -0.3 is 9.84 Å². The van der Waals surface area contributed by atoms with Gasteiger partial charge in [-0.05, 0) is 81.8 Å². The molecular formula is C29H31Cl2N3O3S. The monoisotopic (exact) mass is 571 g/mol. The van der Waals surface area contributed by atoms with Crippen molar-refractivity contribution in [1.29, 1.82) is 0 Å². The van der Waals surface area contributed by atoms with Gasteiger partial charge in [0.05, 0.1) is 22.2 Å². The van der Waals surface area contributed by atoms with Crippen LogP contribution in [-0.2, 0) is 17.8 Å². The third-order valence-electron chi connectivity index (χ3n) is 6.59. The predicted octanol–water partition coefficient (Wildman–Crippen LogP) is 7.78. The fourth-order valence-corrected chi connectivity index (χ4v) is 7.28. The van der Waals surface area contributed by atoms with E-state index < -0.39 is 16.0 Å². The van der Waals surface area contributed by atoms with Crippen molar-refractivity contribution in [2.75, 3.05) is 12.0 Å². The molecule has 4 aromatic rings. The standard InChI is InChI=1S/C29H31Cl2N3O3S/c1-5-38(4,22-13-9-20(10-14-22)17-27(35)36)23-15-11-21(12-16-23)37-18-26-28(19(2)3)32-33-34(26)29-24(30)7-6-8-25(29)31/h6-16,19H,5,17-18H2,1-4H3,(H,35,36). The second-order valence-electron chi connectivity index (χ2n) is 9.41. The summed E-state index contributed by atoms with van der Waals surface area (Å²) in [5.74, 6) is 1.01. The Balaban J connectivity index is 1.57. The molecule has 1 unspecified atom stereocenters. The van der Waals surface area contributed by atoms with Gasteiger partial charge in [-0.15, -0.1) is 5.10 Å². The van der Waals surface area contributed by atoms with Crippen molar-refractivity contribution in [3.05, 3.63) is 93.7 Å². The maximum atomic E-state index is 11.0. The van der Waals surface area contributed by atoms with Gasteiger partial charge in [0.15, 0.2) is 0 Å². The van der Waals surface area contributed by atoms with E-state index in [1.807, 2.05) is 24.3 Å². The zero-order valence-corrected chi connectivity index (χ0v) is 24.1. The molecule has 0 saturated carbocycles. The largest absolute Gasteiger partial charge is 0.487 e. The molecule has 0 radical (unpaired) electrons. The number of carbonyl (C=O) groups is 1. The molecule has 6 nitrogen and oxygen atoms in total. The maximum Gasteiger partial charge on any atom is 0.307 e. The van der Waals surface area contributed by atoms with Crippen LogP contribution < -0.4 is 4.74 Å². The highest BCUT2D eigenvalue weighted by Gasteiger charge is 2.23. The first kappa shape index (κ1) is 28.0. The smallest absolute Gasteiger partial charge is 0.307 e. The van der Waals surface area contributed by atoms with Crippen LogP contribution in [0.4, 0.5) is 0 Å². The second-order valence-corrected chi connectivity index (χ2v) is 13.9. The lowest BCUT2D eigenvalue weighted by Gasteiger charge is -2.36. The van der Waals surface area contributed by atoms with Gasteiger partial charge >= 0.3 is 5.97 Å². The van der Waals surface area contributed by atoms with E-state index in [9.17, 15) is 4.79 Å². The molecule has 38 heavy (non-hydrogen) atoms. The van der Waals surface area contributed by atoms with Crippen molar-refractivity contribution in [2.45, 2.75) is 49.5 Å². The van der Waals surface area contributed by atoms with E-state index >= 15 is 0 Å². The minimum absolute atomic E-state index is 0.0279. The molecule has 1 aromatic heterocycles. The van der Waals surface area contributed by atoms with Crippen LogP contribution in [-0.4, -0.2) is 38.1 Å². The lowest BCUT2D eigenvalue weighted by molar-refractivity contribution is -0.136. The van der Waals surface area contributed by atoms with Crippen LogP contribution in [0.25, 0.3) is 5.69 Å². The first-order chi connectivity index (χ1) is 18.1. The maximum absolute atomic E-state index is 11.0. The third kappa shape index (κ3) is 5.85. The van der Waals surface area contributed by atoms with E-state index in [-0.39, 0.29) is 18.9 Å². The fourth-order valence-electron chi connectivity index (χ4n) is 4.31. The predicted molar refractivity (Wildman–Crippen MR) is 155 cm³/mol. The minimum atomic E-state index is -1.28. The normalized spacial score (nSPS) is 13.8. The Morgan fingerprint density at radius 2 is 1.58 bits per heavy atom. The number of hydrogen-bond donors (Lipinski definition) is 1. The molecule has 0 spiro atoms. The quantitative estimate of drug-likeness (QED) is 0.210. The van der Waals surface area contributed by atoms with Crippen molar-refractivity contribution in [2.24, 2.45) is 0 Å². The number of halogens is 2. The van der Waals surface area contributed by atoms with Gasteiger partial charge in [-0.25, -0.2) is 4.68 Å². The van der Waals surface area contributed by atoms with Crippen LogP contribution in [0.2, 0.25) is 10.0 Å². The molecule has 0 bridgehead atoms. The highest BCUT2D eigenvalue weighted by Crippen LogP contribution is 2.59. The Morgan fingerprint density at radius 1 is 1.00 bits per heavy atom. The van der Waals surface area contributed by atoms with Crippen LogP contribution in [0.3, 0.4) is 0 Å². The number of rotatable bonds is 10. The zero-order valence-electron chi connectivity index (χ0n) is 21.8. The topological polar surface area (TPSA) is 77.2 Å². The molecule has 200 valence electrons. The van der Waals surface area contributed by atoms with Gasteiger partial charge in [0.1, 0.15) is 23.7 Å². The third-order valence-corrected chi connectivity index (χ3v) is 11.0. The molecule has 0 saturated heterocycles. The molecule has 1 N–H and O–H groups in total. The summed E-state index contributed by atoms with van der Waals surface area (Å²) in [7, 11) is -1.28. The second kappa shape index (κ2) is 11.8. The summed E-state index contributed by atoms with van der Waals surface area (Å²) in [6, 6.07) is 21.5. The van der Waals surface area contributed by atoms with Gasteiger partial charge in [0, 0.05) is 0 Å². The Kier molecular flexibility index (Phi) is 8.71. The zero-order chi connectivity index (χ0) is 27.4. The molecule has 3 aromatic carbocycles. The molecule has 4 rings (SSSR count). The van der Waals surface area contributed by atoms with Gasteiger partial charge in [0.25, 0.3) is 0 Å². The average Bonchev–Trinajstić information content (AvgIpc) is 3.31. The van der Waals surface area contributed by atoms with Crippen LogP contribution in [0, 0.1) is 0 Å². The van der Waals surface area contributed by atoms with Crippen molar-refractivity contribution in [3.8, 4) is 11.4 Å². The van der Waals surface area contributed by atoms with E-state index in [1.165, 1.54) is 9.79 Å². The van der Waals surface area contributed by atoms with Gasteiger partial charge in [-0.1, -0.05) is 67.4 Å². The minimum Gasteiger partial charge on any atom is -0.487 e. The summed E-state index contributed by atoms with van der Waals surface area (Å²) in [6.07, 6.45) is 2.31. The number of ether oxygens (including phenoxy) is 1. The summed E-state index contributed by atoms with van der Waals surface area (Å²) in [6.45, 7) is 6.56. The molecule has 0 fully saturated rings. The summed E-state index contributed by atoms with van der Waals surface area (Å²) in [5, 5.41) is 18.8. The SMILES string of the molecule is CCS(C)(c1ccc(CC(=O)O)cc1)c1ccc(OCc2c(C(C)C)nnn2-c2c(Cl)cccc2Cl)cc1. The molecule has 1 heterocycles. The van der Waals surface area contributed by atoms with Crippen LogP contribution in [0.1, 0.15) is 43.6 Å². The molecule has 0 amide bonds. The number of nitrogens with zero attached hydrogens (tertiary/aromatic N) is 3. The first-order valence-electron chi connectivity index (χ1n) is 12.3. The van der Waals surface area contributed by atoms with E-state index in [2.05, 4.69) is 61.6 Å². The Labute approximate surface area is 234 Å². The molecule has 1 atom stereocenters. The van der Waals surface area contributed by atoms with Gasteiger partial charge in [-0.3, -0.25) is 4.79 Å². The van der Waals surface area contributed by atoms with E-state index in [4.69, 9.17) is 33.0 Å². The number of carboxylic acid groups (broad SMARTS) is 1. The van der Waals surface area contributed by atoms with E-state index in [0.29, 0.717) is 15.7 Å². The van der Waals surface area contributed by atoms with Gasteiger partial charge in [-0.2, -0.15) is 10.0 Å². The van der Waals surface area contributed by atoms with E-state index in [1.54, 1.807) is 22.9 Å². The van der Waals surface area contributed by atoms with Crippen molar-refractivity contribution >= 4 is 39.2 Å². The lowest BCUT2D eigenvalue weighted by Crippen LogP contribution is -2.09. The molecule has 0 aliphatic carbocycles. The average molecular weight is 573 g/mol. The van der Waals surface area contributed by atoms with Crippen LogP contribution >= 0.6 is 33.2 Å². The Morgan fingerprint density at radius 3 is 2.11 bits per heavy atom. The van der Waals surface area contributed by atoms with Crippen molar-refractivity contribution in [3.63, 3.8) is 0 Å². The number of aromatic nitrogens is 3.